The van der Waals surface area contributed by atoms with Gasteiger partial charge >= 0.3 is 0 Å². The van der Waals surface area contributed by atoms with Gasteiger partial charge in [0, 0.05) is 25.6 Å². The lowest BCUT2D eigenvalue weighted by molar-refractivity contribution is 0.292. The number of rotatable bonds is 6. The molecule has 1 N–H and O–H groups in total. The molecular weight excluding hydrogens is 288 g/mol. The van der Waals surface area contributed by atoms with Gasteiger partial charge in [-0.25, -0.2) is 13.1 Å². The summed E-state index contributed by atoms with van der Waals surface area (Å²) in [5, 5.41) is -0.296. The van der Waals surface area contributed by atoms with Gasteiger partial charge in [0.15, 0.2) is 0 Å². The summed E-state index contributed by atoms with van der Waals surface area (Å²) in [4.78, 5) is 2.17. The number of hydrogen-bond donors (Lipinski definition) is 1. The Labute approximate surface area is 126 Å². The minimum atomic E-state index is -3.16. The Hall–Kier alpha value is -0.850. The molecule has 0 aromatic carbocycles. The molecule has 1 aliphatic heterocycles. The highest BCUT2D eigenvalue weighted by Gasteiger charge is 2.37. The number of sulfonamides is 1. The van der Waals surface area contributed by atoms with E-state index in [4.69, 9.17) is 4.42 Å². The molecule has 3 atom stereocenters. The fourth-order valence-corrected chi connectivity index (χ4v) is 4.59. The molecule has 0 bridgehead atoms. The van der Waals surface area contributed by atoms with Gasteiger partial charge in [-0.3, -0.25) is 4.90 Å². The molecule has 1 saturated carbocycles. The van der Waals surface area contributed by atoms with E-state index in [9.17, 15) is 8.42 Å². The molecule has 2 fully saturated rings. The molecule has 0 amide bonds. The molecule has 0 radical (unpaired) electrons. The second-order valence-electron chi connectivity index (χ2n) is 6.31. The molecule has 1 saturated heterocycles. The minimum Gasteiger partial charge on any atom is -0.464 e. The summed E-state index contributed by atoms with van der Waals surface area (Å²) in [6.07, 6.45) is 1.92. The van der Waals surface area contributed by atoms with E-state index in [1.807, 2.05) is 13.0 Å². The lowest BCUT2D eigenvalue weighted by Crippen LogP contribution is -2.36. The van der Waals surface area contributed by atoms with E-state index in [-0.39, 0.29) is 5.25 Å². The Balaban J connectivity index is 1.56. The second kappa shape index (κ2) is 5.74. The molecule has 118 valence electrons. The van der Waals surface area contributed by atoms with Gasteiger partial charge in [0.2, 0.25) is 10.0 Å². The molecular formula is C15H24N2O3S. The van der Waals surface area contributed by atoms with Gasteiger partial charge in [0.05, 0.1) is 11.8 Å². The monoisotopic (exact) mass is 312 g/mol. The Bertz CT molecular complexity index is 596. The maximum absolute atomic E-state index is 12.0. The zero-order valence-electron chi connectivity index (χ0n) is 12.7. The lowest BCUT2D eigenvalue weighted by Gasteiger charge is -2.15. The summed E-state index contributed by atoms with van der Waals surface area (Å²) < 4.78 is 32.5. The predicted octanol–water partition coefficient (Wildman–Crippen LogP) is 1.92. The van der Waals surface area contributed by atoms with E-state index in [0.29, 0.717) is 32.0 Å². The van der Waals surface area contributed by atoms with Crippen LogP contribution in [0.25, 0.3) is 0 Å². The van der Waals surface area contributed by atoms with Gasteiger partial charge in [-0.2, -0.15) is 0 Å². The normalized spacial score (nSPS) is 29.9. The standard InChI is InChI=1S/C15H24N2O3S/c1-3-16-21(18,19)13-6-7-17(10-13)9-12-4-5-15(20-12)14-8-11(14)2/h4-5,11,13-14,16H,3,6-10H2,1-2H3/t11-,13-,14+/m1/s1. The van der Waals surface area contributed by atoms with E-state index in [1.54, 1.807) is 0 Å². The van der Waals surface area contributed by atoms with Crippen LogP contribution in [0.15, 0.2) is 16.5 Å². The van der Waals surface area contributed by atoms with Gasteiger partial charge in [-0.15, -0.1) is 0 Å². The van der Waals surface area contributed by atoms with E-state index in [1.165, 1.54) is 6.42 Å². The number of nitrogens with zero attached hydrogens (tertiary/aromatic N) is 1. The number of likely N-dealkylation sites (tertiary alicyclic amines) is 1. The van der Waals surface area contributed by atoms with Crippen LogP contribution in [0.1, 0.15) is 44.1 Å². The van der Waals surface area contributed by atoms with E-state index in [0.717, 1.165) is 24.0 Å². The van der Waals surface area contributed by atoms with Crippen molar-refractivity contribution >= 4 is 10.0 Å². The molecule has 5 nitrogen and oxygen atoms in total. The van der Waals surface area contributed by atoms with Crippen LogP contribution < -0.4 is 4.72 Å². The highest BCUT2D eigenvalue weighted by atomic mass is 32.2. The summed E-state index contributed by atoms with van der Waals surface area (Å²) >= 11 is 0. The van der Waals surface area contributed by atoms with Crippen LogP contribution in [0.5, 0.6) is 0 Å². The van der Waals surface area contributed by atoms with E-state index < -0.39 is 10.0 Å². The Morgan fingerprint density at radius 2 is 2.19 bits per heavy atom. The summed E-state index contributed by atoms with van der Waals surface area (Å²) in [5.41, 5.74) is 0. The van der Waals surface area contributed by atoms with Crippen molar-refractivity contribution in [3.8, 4) is 0 Å². The van der Waals surface area contributed by atoms with Crippen LogP contribution in [0.2, 0.25) is 0 Å². The third-order valence-corrected chi connectivity index (χ3v) is 6.50. The van der Waals surface area contributed by atoms with Gasteiger partial charge in [0.1, 0.15) is 11.5 Å². The van der Waals surface area contributed by atoms with Gasteiger partial charge in [0.25, 0.3) is 0 Å². The fraction of sp³-hybridized carbons (Fsp3) is 0.733. The molecule has 21 heavy (non-hydrogen) atoms. The Kier molecular flexibility index (Phi) is 4.12. The Morgan fingerprint density at radius 3 is 2.86 bits per heavy atom. The van der Waals surface area contributed by atoms with Gasteiger partial charge in [-0.05, 0) is 30.9 Å². The van der Waals surface area contributed by atoms with Crippen molar-refractivity contribution in [3.05, 3.63) is 23.7 Å². The van der Waals surface area contributed by atoms with Crippen molar-refractivity contribution in [1.29, 1.82) is 0 Å². The molecule has 1 aliphatic carbocycles. The zero-order valence-corrected chi connectivity index (χ0v) is 13.5. The van der Waals surface area contributed by atoms with Gasteiger partial charge < -0.3 is 4.42 Å². The smallest absolute Gasteiger partial charge is 0.215 e. The number of furan rings is 1. The first-order chi connectivity index (χ1) is 9.99. The molecule has 2 aliphatic rings. The predicted molar refractivity (Wildman–Crippen MR) is 81.5 cm³/mol. The van der Waals surface area contributed by atoms with E-state index in [2.05, 4.69) is 22.6 Å². The van der Waals surface area contributed by atoms with Crippen LogP contribution in [-0.4, -0.2) is 38.2 Å². The first kappa shape index (κ1) is 15.1. The average Bonchev–Trinajstić information content (AvgIpc) is 2.84. The number of nitrogens with one attached hydrogen (secondary N) is 1. The minimum absolute atomic E-state index is 0.296. The topological polar surface area (TPSA) is 62.6 Å². The van der Waals surface area contributed by atoms with Crippen molar-refractivity contribution < 1.29 is 12.8 Å². The van der Waals surface area contributed by atoms with Crippen molar-refractivity contribution in [1.82, 2.24) is 9.62 Å². The molecule has 0 unspecified atom stereocenters. The van der Waals surface area contributed by atoms with Crippen molar-refractivity contribution in [2.75, 3.05) is 19.6 Å². The average molecular weight is 312 g/mol. The third-order valence-electron chi connectivity index (χ3n) is 4.55. The van der Waals surface area contributed by atoms with Crippen LogP contribution >= 0.6 is 0 Å². The summed E-state index contributed by atoms with van der Waals surface area (Å²) in [5.74, 6) is 3.38. The molecule has 1 aromatic rings. The van der Waals surface area contributed by atoms with Crippen LogP contribution in [-0.2, 0) is 16.6 Å². The lowest BCUT2D eigenvalue weighted by atomic mass is 10.3. The number of hydrogen-bond acceptors (Lipinski definition) is 4. The first-order valence-electron chi connectivity index (χ1n) is 7.79. The highest BCUT2D eigenvalue weighted by molar-refractivity contribution is 7.90. The summed E-state index contributed by atoms with van der Waals surface area (Å²) in [7, 11) is -3.16. The van der Waals surface area contributed by atoms with Crippen LogP contribution in [0.3, 0.4) is 0 Å². The molecule has 6 heteroatoms. The molecule has 2 heterocycles. The summed E-state index contributed by atoms with van der Waals surface area (Å²) in [6.45, 7) is 6.62. The fourth-order valence-electron chi connectivity index (χ4n) is 3.13. The molecule has 0 spiro atoms. The van der Waals surface area contributed by atoms with Crippen LogP contribution in [0.4, 0.5) is 0 Å². The van der Waals surface area contributed by atoms with Gasteiger partial charge in [-0.1, -0.05) is 13.8 Å². The first-order valence-corrected chi connectivity index (χ1v) is 9.33. The van der Waals surface area contributed by atoms with Crippen molar-refractivity contribution in [2.24, 2.45) is 5.92 Å². The van der Waals surface area contributed by atoms with E-state index >= 15 is 0 Å². The second-order valence-corrected chi connectivity index (χ2v) is 8.36. The third kappa shape index (κ3) is 3.33. The molecule has 3 rings (SSSR count). The summed E-state index contributed by atoms with van der Waals surface area (Å²) in [6, 6.07) is 4.11. The maximum atomic E-state index is 12.0. The van der Waals surface area contributed by atoms with Crippen molar-refractivity contribution in [2.45, 2.75) is 44.4 Å². The van der Waals surface area contributed by atoms with Crippen LogP contribution in [0, 0.1) is 5.92 Å². The quantitative estimate of drug-likeness (QED) is 0.871. The zero-order chi connectivity index (χ0) is 15.0. The maximum Gasteiger partial charge on any atom is 0.215 e. The van der Waals surface area contributed by atoms with Crippen molar-refractivity contribution in [3.63, 3.8) is 0 Å². The SMILES string of the molecule is CCNS(=O)(=O)[C@@H]1CCN(Cc2ccc([C@H]3C[C@H]3C)o2)C1. The largest absolute Gasteiger partial charge is 0.464 e. The Morgan fingerprint density at radius 1 is 1.43 bits per heavy atom. The molecule has 1 aromatic heterocycles. The highest BCUT2D eigenvalue weighted by Crippen LogP contribution is 2.47.